The minimum Gasteiger partial charge on any atom is -0.360 e. The number of aromatic nitrogens is 3. The third-order valence-corrected chi connectivity index (χ3v) is 8.06. The Morgan fingerprint density at radius 1 is 1.03 bits per heavy atom. The van der Waals surface area contributed by atoms with E-state index in [1.807, 2.05) is 0 Å². The molecule has 0 saturated heterocycles. The SMILES string of the molecule is Cc1cc(NC(=O)[C@]23CC[C@](C)(c4nc5cc(Cl)c(Cl)cc5nc42)C3(C)C)no1. The summed E-state index contributed by atoms with van der Waals surface area (Å²) in [5.41, 5.74) is 1.41. The van der Waals surface area contributed by atoms with E-state index in [0.717, 1.165) is 17.8 Å². The Labute approximate surface area is 178 Å². The monoisotopic (exact) mass is 430 g/mol. The van der Waals surface area contributed by atoms with Gasteiger partial charge in [0.25, 0.3) is 0 Å². The molecule has 1 saturated carbocycles. The number of hydrogen-bond donors (Lipinski definition) is 1. The fourth-order valence-electron chi connectivity index (χ4n) is 5.25. The number of fused-ring (bicyclic) bond motifs is 6. The number of benzene rings is 1. The van der Waals surface area contributed by atoms with Crippen molar-refractivity contribution >= 4 is 46.0 Å². The van der Waals surface area contributed by atoms with Crippen LogP contribution in [0.25, 0.3) is 11.0 Å². The summed E-state index contributed by atoms with van der Waals surface area (Å²) in [7, 11) is 0. The number of amides is 1. The van der Waals surface area contributed by atoms with E-state index in [9.17, 15) is 4.79 Å². The van der Waals surface area contributed by atoms with Crippen LogP contribution < -0.4 is 5.32 Å². The van der Waals surface area contributed by atoms with Crippen molar-refractivity contribution in [2.24, 2.45) is 5.41 Å². The number of aryl methyl sites for hydroxylation is 1. The summed E-state index contributed by atoms with van der Waals surface area (Å²) in [6.45, 7) is 8.21. The van der Waals surface area contributed by atoms with E-state index >= 15 is 0 Å². The van der Waals surface area contributed by atoms with Crippen molar-refractivity contribution in [3.63, 3.8) is 0 Å². The number of rotatable bonds is 2. The molecular weight excluding hydrogens is 411 g/mol. The van der Waals surface area contributed by atoms with E-state index in [-0.39, 0.29) is 11.3 Å². The molecule has 0 unspecified atom stereocenters. The lowest BCUT2D eigenvalue weighted by atomic mass is 9.63. The molecule has 2 aliphatic rings. The van der Waals surface area contributed by atoms with Crippen LogP contribution in [-0.4, -0.2) is 21.0 Å². The molecule has 6 nitrogen and oxygen atoms in total. The summed E-state index contributed by atoms with van der Waals surface area (Å²) in [6, 6.07) is 5.15. The predicted octanol–water partition coefficient (Wildman–Crippen LogP) is 5.20. The highest BCUT2D eigenvalue weighted by atomic mass is 35.5. The van der Waals surface area contributed by atoms with E-state index in [1.54, 1.807) is 25.1 Å². The first-order valence-electron chi connectivity index (χ1n) is 9.53. The van der Waals surface area contributed by atoms with Crippen LogP contribution in [0.1, 0.15) is 50.8 Å². The molecule has 8 heteroatoms. The highest BCUT2D eigenvalue weighted by Gasteiger charge is 2.73. The minimum atomic E-state index is -0.822. The lowest BCUT2D eigenvalue weighted by molar-refractivity contribution is -0.125. The van der Waals surface area contributed by atoms with Crippen molar-refractivity contribution in [3.05, 3.63) is 45.4 Å². The first kappa shape index (κ1) is 18.8. The Morgan fingerprint density at radius 3 is 2.24 bits per heavy atom. The molecule has 2 heterocycles. The van der Waals surface area contributed by atoms with Gasteiger partial charge in [-0.2, -0.15) is 0 Å². The third kappa shape index (κ3) is 2.19. The number of hydrogen-bond acceptors (Lipinski definition) is 5. The van der Waals surface area contributed by atoms with Gasteiger partial charge in [0.2, 0.25) is 5.91 Å². The highest BCUT2D eigenvalue weighted by molar-refractivity contribution is 6.42. The standard InChI is InChI=1S/C21H20Cl2N4O2/c1-10-7-15(27-29-10)26-18(28)21-6-5-20(4,19(21,2)3)16-17(21)25-14-9-12(23)11(22)8-13(14)24-16/h7-9H,5-6H2,1-4H3,(H,26,27,28)/t20-,21+/m1/s1. The van der Waals surface area contributed by atoms with E-state index in [0.29, 0.717) is 39.1 Å². The molecule has 2 atom stereocenters. The number of nitrogens with one attached hydrogen (secondary N) is 1. The maximum atomic E-state index is 13.7. The molecule has 2 aliphatic carbocycles. The molecule has 0 radical (unpaired) electrons. The van der Waals surface area contributed by atoms with Crippen molar-refractivity contribution in [2.45, 2.75) is 51.4 Å². The lowest BCUT2D eigenvalue weighted by Gasteiger charge is -2.39. The van der Waals surface area contributed by atoms with Crippen LogP contribution in [0.4, 0.5) is 5.82 Å². The minimum absolute atomic E-state index is 0.132. The van der Waals surface area contributed by atoms with Crippen LogP contribution in [-0.2, 0) is 15.6 Å². The molecule has 0 aliphatic heterocycles. The molecule has 2 bridgehead atoms. The second kappa shape index (κ2) is 5.70. The van der Waals surface area contributed by atoms with Crippen LogP contribution in [0.5, 0.6) is 0 Å². The smallest absolute Gasteiger partial charge is 0.238 e. The number of nitrogens with zero attached hydrogens (tertiary/aromatic N) is 3. The Bertz CT molecular complexity index is 1200. The highest BCUT2D eigenvalue weighted by Crippen LogP contribution is 2.70. The third-order valence-electron chi connectivity index (χ3n) is 7.34. The van der Waals surface area contributed by atoms with Gasteiger partial charge in [0, 0.05) is 11.5 Å². The second-order valence-electron chi connectivity index (χ2n) is 8.82. The second-order valence-corrected chi connectivity index (χ2v) is 9.63. The summed E-state index contributed by atoms with van der Waals surface area (Å²) in [5.74, 6) is 0.910. The van der Waals surface area contributed by atoms with Gasteiger partial charge < -0.3 is 9.84 Å². The summed E-state index contributed by atoms with van der Waals surface area (Å²) >= 11 is 12.4. The van der Waals surface area contributed by atoms with Crippen molar-refractivity contribution in [1.82, 2.24) is 15.1 Å². The van der Waals surface area contributed by atoms with E-state index < -0.39 is 10.8 Å². The van der Waals surface area contributed by atoms with Gasteiger partial charge in [0.05, 0.1) is 37.9 Å². The van der Waals surface area contributed by atoms with Gasteiger partial charge in [0.15, 0.2) is 5.82 Å². The molecule has 1 amide bonds. The topological polar surface area (TPSA) is 80.9 Å². The number of carbonyl (C=O) groups is 1. The summed E-state index contributed by atoms with van der Waals surface area (Å²) in [6.07, 6.45) is 1.54. The van der Waals surface area contributed by atoms with Gasteiger partial charge >= 0.3 is 0 Å². The van der Waals surface area contributed by atoms with Gasteiger partial charge in [-0.15, -0.1) is 0 Å². The average molecular weight is 431 g/mol. The van der Waals surface area contributed by atoms with Crippen LogP contribution >= 0.6 is 23.2 Å². The van der Waals surface area contributed by atoms with Gasteiger partial charge in [-0.1, -0.05) is 49.1 Å². The molecule has 2 aromatic heterocycles. The molecular formula is C21H20Cl2N4O2. The normalized spacial score (nSPS) is 26.7. The van der Waals surface area contributed by atoms with Crippen LogP contribution in [0.3, 0.4) is 0 Å². The average Bonchev–Trinajstić information content (AvgIpc) is 3.19. The molecule has 150 valence electrons. The summed E-state index contributed by atoms with van der Waals surface area (Å²) in [5, 5.41) is 7.73. The molecule has 0 spiro atoms. The Kier molecular flexibility index (Phi) is 3.70. The lowest BCUT2D eigenvalue weighted by Crippen LogP contribution is -2.48. The summed E-state index contributed by atoms with van der Waals surface area (Å²) in [4.78, 5) is 23.5. The fraction of sp³-hybridized carbons (Fsp3) is 0.429. The quantitative estimate of drug-likeness (QED) is 0.603. The molecule has 1 aromatic carbocycles. The zero-order valence-corrected chi connectivity index (χ0v) is 18.1. The maximum absolute atomic E-state index is 13.7. The zero-order chi connectivity index (χ0) is 20.8. The van der Waals surface area contributed by atoms with Gasteiger partial charge in [-0.05, 0) is 37.3 Å². The van der Waals surface area contributed by atoms with Gasteiger partial charge in [-0.3, -0.25) is 4.79 Å². The number of halogens is 2. The fourth-order valence-corrected chi connectivity index (χ4v) is 5.57. The molecule has 1 fully saturated rings. The van der Waals surface area contributed by atoms with E-state index in [4.69, 9.17) is 37.7 Å². The first-order valence-corrected chi connectivity index (χ1v) is 10.3. The van der Waals surface area contributed by atoms with Crippen LogP contribution in [0.15, 0.2) is 22.7 Å². The van der Waals surface area contributed by atoms with Crippen molar-refractivity contribution in [1.29, 1.82) is 0 Å². The zero-order valence-electron chi connectivity index (χ0n) is 16.6. The number of carbonyl (C=O) groups excluding carboxylic acids is 1. The molecule has 3 aromatic rings. The Hall–Kier alpha value is -2.18. The van der Waals surface area contributed by atoms with Crippen molar-refractivity contribution in [3.8, 4) is 0 Å². The molecule has 5 rings (SSSR count). The van der Waals surface area contributed by atoms with Crippen molar-refractivity contribution < 1.29 is 9.32 Å². The van der Waals surface area contributed by atoms with Crippen LogP contribution in [0, 0.1) is 12.3 Å². The maximum Gasteiger partial charge on any atom is 0.238 e. The Balaban J connectivity index is 1.73. The van der Waals surface area contributed by atoms with Gasteiger partial charge in [-0.25, -0.2) is 9.97 Å². The predicted molar refractivity (Wildman–Crippen MR) is 111 cm³/mol. The molecule has 1 N–H and O–H groups in total. The Morgan fingerprint density at radius 2 is 1.66 bits per heavy atom. The first-order chi connectivity index (χ1) is 13.6. The molecule has 29 heavy (non-hydrogen) atoms. The van der Waals surface area contributed by atoms with Crippen LogP contribution in [0.2, 0.25) is 10.0 Å². The number of anilines is 1. The van der Waals surface area contributed by atoms with E-state index in [1.165, 1.54) is 0 Å². The summed E-state index contributed by atoms with van der Waals surface area (Å²) < 4.78 is 5.11. The van der Waals surface area contributed by atoms with E-state index in [2.05, 4.69) is 31.2 Å². The van der Waals surface area contributed by atoms with Crippen molar-refractivity contribution in [2.75, 3.05) is 5.32 Å². The van der Waals surface area contributed by atoms with Gasteiger partial charge in [0.1, 0.15) is 5.76 Å². The largest absolute Gasteiger partial charge is 0.360 e.